The second-order valence-electron chi connectivity index (χ2n) is 24.0. The number of phosphoric acid groups is 1. The third kappa shape index (κ3) is 57.2. The number of allylic oxidation sites excluding steroid dienone is 3. The summed E-state index contributed by atoms with van der Waals surface area (Å²) in [5.74, 6) is -0.527. The number of likely N-dealkylation sites (N-methyl/N-ethyl adjacent to an activating group) is 1. The first kappa shape index (κ1) is 74.5. The first-order valence-electron chi connectivity index (χ1n) is 33.1. The van der Waals surface area contributed by atoms with E-state index in [1.54, 1.807) is 0 Å². The summed E-state index contributed by atoms with van der Waals surface area (Å²) >= 11 is 0. The van der Waals surface area contributed by atoms with Crippen LogP contribution < -0.4 is 10.2 Å². The lowest BCUT2D eigenvalue weighted by molar-refractivity contribution is -0.870. The fraction of sp³-hybridized carbons (Fsp3) is 0.909. The molecule has 1 N–H and O–H groups in total. The lowest BCUT2D eigenvalue weighted by Crippen LogP contribution is -2.47. The third-order valence-corrected chi connectivity index (χ3v) is 16.1. The molecule has 9 nitrogen and oxygen atoms in total. The highest BCUT2D eigenvalue weighted by atomic mass is 31.2. The number of esters is 1. The first-order chi connectivity index (χ1) is 36.9. The quantitative estimate of drug-likeness (QED) is 0.0212. The maximum Gasteiger partial charge on any atom is 0.306 e. The summed E-state index contributed by atoms with van der Waals surface area (Å²) in [6.07, 6.45) is 67.2. The van der Waals surface area contributed by atoms with E-state index in [2.05, 4.69) is 38.2 Å². The van der Waals surface area contributed by atoms with Crippen molar-refractivity contribution in [3.05, 3.63) is 24.3 Å². The number of phosphoric ester groups is 1. The zero-order valence-electron chi connectivity index (χ0n) is 51.5. The molecule has 3 unspecified atom stereocenters. The smallest absolute Gasteiger partial charge is 0.306 e. The Morgan fingerprint density at radius 3 is 1.12 bits per heavy atom. The van der Waals surface area contributed by atoms with Crippen LogP contribution in [0.2, 0.25) is 0 Å². The number of amides is 1. The standard InChI is InChI=1S/C66H129N2O7P/c1-7-10-13-16-19-22-25-28-30-32-33-34-35-37-39-41-44-47-50-53-56-59-66(70)75-64(57-54-51-48-45-42-27-24-21-18-15-12-9-3)63(62-74-76(71,72)73-61-60-68(4,5)6)67-65(69)58-55-52-49-46-43-40-38-36-31-29-26-23-20-17-14-11-8-2/h29,31,54,57,63-64H,7-28,30,32-53,55-56,58-62H2,1-6H3,(H-,67,69,71,72)/b31-29+,57-54+. The van der Waals surface area contributed by atoms with Gasteiger partial charge in [-0.25, -0.2) is 0 Å². The van der Waals surface area contributed by atoms with Crippen LogP contribution in [0.5, 0.6) is 0 Å². The number of unbranched alkanes of at least 4 members (excludes halogenated alkanes) is 43. The van der Waals surface area contributed by atoms with Crippen molar-refractivity contribution in [2.45, 2.75) is 348 Å². The van der Waals surface area contributed by atoms with Gasteiger partial charge in [0.1, 0.15) is 19.3 Å². The van der Waals surface area contributed by atoms with Crippen molar-refractivity contribution in [2.24, 2.45) is 0 Å². The maximum atomic E-state index is 13.5. The van der Waals surface area contributed by atoms with Gasteiger partial charge in [-0.2, -0.15) is 0 Å². The van der Waals surface area contributed by atoms with Crippen molar-refractivity contribution >= 4 is 19.7 Å². The monoisotopic (exact) mass is 1090 g/mol. The summed E-state index contributed by atoms with van der Waals surface area (Å²) in [6, 6.07) is -0.885. The molecule has 1 amide bonds. The van der Waals surface area contributed by atoms with Crippen molar-refractivity contribution in [3.8, 4) is 0 Å². The largest absolute Gasteiger partial charge is 0.756 e. The van der Waals surface area contributed by atoms with Crippen molar-refractivity contribution in [1.82, 2.24) is 5.32 Å². The van der Waals surface area contributed by atoms with E-state index < -0.39 is 20.0 Å². The van der Waals surface area contributed by atoms with Crippen LogP contribution in [0.4, 0.5) is 0 Å². The fourth-order valence-electron chi connectivity index (χ4n) is 9.99. The number of carbonyl (C=O) groups excluding carboxylic acids is 2. The fourth-order valence-corrected chi connectivity index (χ4v) is 10.7. The van der Waals surface area contributed by atoms with Gasteiger partial charge >= 0.3 is 5.97 Å². The van der Waals surface area contributed by atoms with Gasteiger partial charge in [0.05, 0.1) is 33.8 Å². The molecule has 0 aliphatic heterocycles. The highest BCUT2D eigenvalue weighted by Crippen LogP contribution is 2.38. The highest BCUT2D eigenvalue weighted by molar-refractivity contribution is 7.45. The number of ether oxygens (including phenoxy) is 1. The lowest BCUT2D eigenvalue weighted by atomic mass is 10.0. The second kappa shape index (κ2) is 56.8. The Labute approximate surface area is 473 Å². The predicted octanol–water partition coefficient (Wildman–Crippen LogP) is 19.9. The Bertz CT molecular complexity index is 1350. The Hall–Kier alpha value is -1.51. The average Bonchev–Trinajstić information content (AvgIpc) is 3.38. The summed E-state index contributed by atoms with van der Waals surface area (Å²) in [6.45, 7) is 6.89. The Kier molecular flexibility index (Phi) is 55.6. The SMILES string of the molecule is CCCCCCCC/C=C/CCCCCCCCCC(=O)NC(COP(=O)([O-])OCC[N+](C)(C)C)C(/C=C/CCCCCCCCCCCC)OC(=O)CCCCCCCCCCCCCCCCCCCCCCC. The van der Waals surface area contributed by atoms with Crippen LogP contribution in [-0.4, -0.2) is 69.4 Å². The van der Waals surface area contributed by atoms with Crippen LogP contribution in [0, 0.1) is 0 Å². The molecule has 0 radical (unpaired) electrons. The molecule has 0 rings (SSSR count). The van der Waals surface area contributed by atoms with Gasteiger partial charge in [-0.05, 0) is 57.4 Å². The number of rotatable bonds is 61. The van der Waals surface area contributed by atoms with Crippen LogP contribution in [-0.2, 0) is 27.9 Å². The van der Waals surface area contributed by atoms with Crippen LogP contribution in [0.15, 0.2) is 24.3 Å². The molecule has 0 heterocycles. The Balaban J connectivity index is 5.14. The number of quaternary nitrogens is 1. The maximum absolute atomic E-state index is 13.5. The van der Waals surface area contributed by atoms with Gasteiger partial charge in [-0.3, -0.25) is 14.2 Å². The summed E-state index contributed by atoms with van der Waals surface area (Å²) in [5, 5.41) is 3.04. The molecule has 0 aromatic heterocycles. The predicted molar refractivity (Wildman–Crippen MR) is 326 cm³/mol. The normalized spacial score (nSPS) is 13.7. The molecular formula is C66H129N2O7P. The van der Waals surface area contributed by atoms with E-state index >= 15 is 0 Å². The van der Waals surface area contributed by atoms with E-state index in [0.717, 1.165) is 70.6 Å². The van der Waals surface area contributed by atoms with E-state index in [-0.39, 0.29) is 31.5 Å². The van der Waals surface area contributed by atoms with Crippen LogP contribution in [0.25, 0.3) is 0 Å². The summed E-state index contributed by atoms with van der Waals surface area (Å²) < 4.78 is 30.4. The lowest BCUT2D eigenvalue weighted by Gasteiger charge is -2.30. The second-order valence-corrected chi connectivity index (χ2v) is 25.4. The van der Waals surface area contributed by atoms with E-state index in [1.807, 2.05) is 33.3 Å². The number of hydrogen-bond donors (Lipinski definition) is 1. The Morgan fingerprint density at radius 1 is 0.447 bits per heavy atom. The van der Waals surface area contributed by atoms with Crippen molar-refractivity contribution in [3.63, 3.8) is 0 Å². The molecule has 0 aromatic carbocycles. The number of hydrogen-bond acceptors (Lipinski definition) is 7. The molecule has 10 heteroatoms. The molecule has 0 bridgehead atoms. The van der Waals surface area contributed by atoms with Gasteiger partial charge in [0.25, 0.3) is 7.82 Å². The molecule has 3 atom stereocenters. The molecule has 0 saturated heterocycles. The van der Waals surface area contributed by atoms with Crippen LogP contribution in [0.3, 0.4) is 0 Å². The van der Waals surface area contributed by atoms with E-state index in [4.69, 9.17) is 13.8 Å². The van der Waals surface area contributed by atoms with E-state index in [1.165, 1.54) is 231 Å². The van der Waals surface area contributed by atoms with Gasteiger partial charge in [0.2, 0.25) is 5.91 Å². The van der Waals surface area contributed by atoms with Crippen molar-refractivity contribution < 1.29 is 37.3 Å². The van der Waals surface area contributed by atoms with Crippen molar-refractivity contribution in [1.29, 1.82) is 0 Å². The molecule has 0 saturated carbocycles. The zero-order valence-corrected chi connectivity index (χ0v) is 52.4. The van der Waals surface area contributed by atoms with E-state index in [9.17, 15) is 19.0 Å². The molecule has 0 aliphatic rings. The molecule has 0 aliphatic carbocycles. The van der Waals surface area contributed by atoms with Gasteiger partial charge in [-0.15, -0.1) is 0 Å². The number of nitrogens with one attached hydrogen (secondary N) is 1. The molecule has 0 aromatic rings. The Morgan fingerprint density at radius 2 is 0.763 bits per heavy atom. The van der Waals surface area contributed by atoms with E-state index in [0.29, 0.717) is 17.4 Å². The summed E-state index contributed by atoms with van der Waals surface area (Å²) in [5.41, 5.74) is 0. The summed E-state index contributed by atoms with van der Waals surface area (Å²) in [7, 11) is 1.20. The number of carbonyl (C=O) groups is 2. The molecule has 450 valence electrons. The molecular weight excluding hydrogens is 964 g/mol. The van der Waals surface area contributed by atoms with Crippen LogP contribution in [0.1, 0.15) is 335 Å². The van der Waals surface area contributed by atoms with Gasteiger partial charge in [-0.1, -0.05) is 289 Å². The molecule has 76 heavy (non-hydrogen) atoms. The van der Waals surface area contributed by atoms with Gasteiger partial charge < -0.3 is 28.5 Å². The molecule has 0 spiro atoms. The average molecular weight is 1090 g/mol. The molecule has 0 fully saturated rings. The minimum absolute atomic E-state index is 0.0195. The summed E-state index contributed by atoms with van der Waals surface area (Å²) in [4.78, 5) is 40.0. The van der Waals surface area contributed by atoms with Crippen LogP contribution >= 0.6 is 7.82 Å². The minimum Gasteiger partial charge on any atom is -0.756 e. The first-order valence-corrected chi connectivity index (χ1v) is 34.6. The van der Waals surface area contributed by atoms with Gasteiger partial charge in [0.15, 0.2) is 0 Å². The minimum atomic E-state index is -4.70. The number of nitrogens with zero attached hydrogens (tertiary/aromatic N) is 1. The van der Waals surface area contributed by atoms with Gasteiger partial charge in [0, 0.05) is 12.8 Å². The zero-order chi connectivity index (χ0) is 55.7. The highest BCUT2D eigenvalue weighted by Gasteiger charge is 2.27. The topological polar surface area (TPSA) is 114 Å². The van der Waals surface area contributed by atoms with Crippen molar-refractivity contribution in [2.75, 3.05) is 40.9 Å². The third-order valence-electron chi connectivity index (χ3n) is 15.1.